The number of aromatic nitrogens is 3. The maximum absolute atomic E-state index is 11.7. The monoisotopic (exact) mass is 269 g/mol. The number of rotatable bonds is 8. The fraction of sp³-hybridized carbons (Fsp3) is 0.769. The zero-order chi connectivity index (χ0) is 14.3. The van der Waals surface area contributed by atoms with E-state index >= 15 is 0 Å². The molecule has 0 aliphatic rings. The SMILES string of the molecule is CCOC(=O)c1nnc(C)n1CCCCOC(C)C. The molecule has 0 saturated heterocycles. The van der Waals surface area contributed by atoms with Crippen molar-refractivity contribution in [2.75, 3.05) is 13.2 Å². The van der Waals surface area contributed by atoms with Crippen LogP contribution < -0.4 is 0 Å². The Morgan fingerprint density at radius 3 is 2.68 bits per heavy atom. The Hall–Kier alpha value is -1.43. The predicted octanol–water partition coefficient (Wildman–Crippen LogP) is 1.97. The number of unbranched alkanes of at least 4 members (excludes halogenated alkanes) is 1. The minimum absolute atomic E-state index is 0.256. The molecular formula is C13H23N3O3. The van der Waals surface area contributed by atoms with E-state index in [1.165, 1.54) is 0 Å². The third kappa shape index (κ3) is 4.98. The first-order chi connectivity index (χ1) is 9.06. The van der Waals surface area contributed by atoms with Crippen LogP contribution in [0.3, 0.4) is 0 Å². The molecule has 6 heteroatoms. The highest BCUT2D eigenvalue weighted by molar-refractivity contribution is 5.85. The molecule has 1 aromatic heterocycles. The van der Waals surface area contributed by atoms with E-state index < -0.39 is 5.97 Å². The molecule has 0 bridgehead atoms. The van der Waals surface area contributed by atoms with Crippen LogP contribution in [0.5, 0.6) is 0 Å². The second kappa shape index (κ2) is 7.89. The van der Waals surface area contributed by atoms with Gasteiger partial charge in [0.15, 0.2) is 0 Å². The van der Waals surface area contributed by atoms with Crippen molar-refractivity contribution in [3.63, 3.8) is 0 Å². The van der Waals surface area contributed by atoms with E-state index in [0.29, 0.717) is 13.2 Å². The number of carbonyl (C=O) groups excluding carboxylic acids is 1. The highest BCUT2D eigenvalue weighted by atomic mass is 16.5. The van der Waals surface area contributed by atoms with Crippen LogP contribution in [0.2, 0.25) is 0 Å². The Morgan fingerprint density at radius 1 is 1.32 bits per heavy atom. The fourth-order valence-electron chi connectivity index (χ4n) is 1.69. The maximum atomic E-state index is 11.7. The molecule has 0 aliphatic carbocycles. The zero-order valence-electron chi connectivity index (χ0n) is 12.2. The van der Waals surface area contributed by atoms with Gasteiger partial charge in [0.1, 0.15) is 5.82 Å². The van der Waals surface area contributed by atoms with Gasteiger partial charge in [-0.15, -0.1) is 10.2 Å². The molecule has 0 spiro atoms. The van der Waals surface area contributed by atoms with Gasteiger partial charge in [0, 0.05) is 13.2 Å². The van der Waals surface area contributed by atoms with Crippen molar-refractivity contribution >= 4 is 5.97 Å². The molecule has 0 unspecified atom stereocenters. The van der Waals surface area contributed by atoms with Crippen LogP contribution in [0, 0.1) is 6.92 Å². The highest BCUT2D eigenvalue weighted by Crippen LogP contribution is 2.06. The molecule has 0 aliphatic heterocycles. The number of hydrogen-bond acceptors (Lipinski definition) is 5. The summed E-state index contributed by atoms with van der Waals surface area (Å²) < 4.78 is 12.2. The van der Waals surface area contributed by atoms with Crippen LogP contribution in [0.1, 0.15) is 50.1 Å². The van der Waals surface area contributed by atoms with Gasteiger partial charge in [0.05, 0.1) is 12.7 Å². The van der Waals surface area contributed by atoms with Gasteiger partial charge in [0.25, 0.3) is 0 Å². The van der Waals surface area contributed by atoms with Crippen molar-refractivity contribution in [2.24, 2.45) is 0 Å². The van der Waals surface area contributed by atoms with Crippen molar-refractivity contribution in [3.05, 3.63) is 11.6 Å². The Kier molecular flexibility index (Phi) is 6.49. The molecule has 0 radical (unpaired) electrons. The summed E-state index contributed by atoms with van der Waals surface area (Å²) in [4.78, 5) is 11.7. The minimum Gasteiger partial charge on any atom is -0.460 e. The molecule has 0 N–H and O–H groups in total. The van der Waals surface area contributed by atoms with E-state index in [1.54, 1.807) is 11.5 Å². The summed E-state index contributed by atoms with van der Waals surface area (Å²) in [6.07, 6.45) is 2.11. The predicted molar refractivity (Wildman–Crippen MR) is 71.0 cm³/mol. The standard InChI is InChI=1S/C13H23N3O3/c1-5-18-13(17)12-15-14-11(4)16(12)8-6-7-9-19-10(2)3/h10H,5-9H2,1-4H3. The molecule has 0 amide bonds. The largest absolute Gasteiger partial charge is 0.460 e. The number of nitrogens with zero attached hydrogens (tertiary/aromatic N) is 3. The first-order valence-corrected chi connectivity index (χ1v) is 6.74. The first-order valence-electron chi connectivity index (χ1n) is 6.74. The molecule has 6 nitrogen and oxygen atoms in total. The van der Waals surface area contributed by atoms with Crippen molar-refractivity contribution in [2.45, 2.75) is 53.2 Å². The van der Waals surface area contributed by atoms with Crippen LogP contribution in [-0.4, -0.2) is 40.1 Å². The molecule has 1 rings (SSSR count). The zero-order valence-corrected chi connectivity index (χ0v) is 12.2. The van der Waals surface area contributed by atoms with Gasteiger partial charge in [-0.1, -0.05) is 0 Å². The summed E-state index contributed by atoms with van der Waals surface area (Å²) in [6.45, 7) is 9.41. The fourth-order valence-corrected chi connectivity index (χ4v) is 1.69. The second-order valence-electron chi connectivity index (χ2n) is 4.57. The molecule has 0 saturated carbocycles. The lowest BCUT2D eigenvalue weighted by Gasteiger charge is -2.09. The van der Waals surface area contributed by atoms with Crippen LogP contribution in [0.4, 0.5) is 0 Å². The Labute approximate surface area is 114 Å². The van der Waals surface area contributed by atoms with E-state index in [0.717, 1.165) is 25.3 Å². The topological polar surface area (TPSA) is 66.2 Å². The van der Waals surface area contributed by atoms with Crippen LogP contribution in [-0.2, 0) is 16.0 Å². The minimum atomic E-state index is -0.415. The highest BCUT2D eigenvalue weighted by Gasteiger charge is 2.17. The lowest BCUT2D eigenvalue weighted by Crippen LogP contribution is -2.15. The quantitative estimate of drug-likeness (QED) is 0.533. The Morgan fingerprint density at radius 2 is 2.05 bits per heavy atom. The Bertz CT molecular complexity index is 402. The number of aryl methyl sites for hydroxylation is 1. The first kappa shape index (κ1) is 15.6. The van der Waals surface area contributed by atoms with Gasteiger partial charge in [-0.05, 0) is 40.5 Å². The van der Waals surface area contributed by atoms with Crippen molar-refractivity contribution in [3.8, 4) is 0 Å². The Balaban J connectivity index is 2.48. The van der Waals surface area contributed by atoms with Crippen molar-refractivity contribution < 1.29 is 14.3 Å². The summed E-state index contributed by atoms with van der Waals surface area (Å²) in [7, 11) is 0. The van der Waals surface area contributed by atoms with Crippen LogP contribution in [0.15, 0.2) is 0 Å². The van der Waals surface area contributed by atoms with Gasteiger partial charge in [-0.3, -0.25) is 0 Å². The second-order valence-corrected chi connectivity index (χ2v) is 4.57. The third-order valence-electron chi connectivity index (χ3n) is 2.62. The summed E-state index contributed by atoms with van der Waals surface area (Å²) in [5.74, 6) is 0.596. The number of carbonyl (C=O) groups is 1. The molecule has 19 heavy (non-hydrogen) atoms. The number of hydrogen-bond donors (Lipinski definition) is 0. The van der Waals surface area contributed by atoms with Gasteiger partial charge >= 0.3 is 5.97 Å². The van der Waals surface area contributed by atoms with E-state index in [4.69, 9.17) is 9.47 Å². The van der Waals surface area contributed by atoms with E-state index in [9.17, 15) is 4.79 Å². The molecule has 1 heterocycles. The summed E-state index contributed by atoms with van der Waals surface area (Å²) in [5, 5.41) is 7.80. The maximum Gasteiger partial charge on any atom is 0.376 e. The van der Waals surface area contributed by atoms with Gasteiger partial charge in [-0.25, -0.2) is 4.79 Å². The van der Waals surface area contributed by atoms with Crippen LogP contribution >= 0.6 is 0 Å². The molecule has 0 atom stereocenters. The normalized spacial score (nSPS) is 11.0. The number of esters is 1. The number of ether oxygens (including phenoxy) is 2. The summed E-state index contributed by atoms with van der Waals surface area (Å²) in [5.41, 5.74) is 0. The molecule has 0 fully saturated rings. The van der Waals surface area contributed by atoms with Gasteiger partial charge in [0.2, 0.25) is 5.82 Å². The summed E-state index contributed by atoms with van der Waals surface area (Å²) >= 11 is 0. The molecule has 1 aromatic rings. The van der Waals surface area contributed by atoms with Gasteiger partial charge < -0.3 is 14.0 Å². The van der Waals surface area contributed by atoms with Crippen molar-refractivity contribution in [1.82, 2.24) is 14.8 Å². The lowest BCUT2D eigenvalue weighted by atomic mass is 10.3. The smallest absolute Gasteiger partial charge is 0.376 e. The van der Waals surface area contributed by atoms with Crippen LogP contribution in [0.25, 0.3) is 0 Å². The van der Waals surface area contributed by atoms with E-state index in [-0.39, 0.29) is 11.9 Å². The van der Waals surface area contributed by atoms with E-state index in [1.807, 2.05) is 20.8 Å². The lowest BCUT2D eigenvalue weighted by molar-refractivity contribution is 0.0504. The molecular weight excluding hydrogens is 246 g/mol. The molecule has 0 aromatic carbocycles. The summed E-state index contributed by atoms with van der Waals surface area (Å²) in [6, 6.07) is 0. The average molecular weight is 269 g/mol. The molecule has 108 valence electrons. The average Bonchev–Trinajstić information content (AvgIpc) is 2.70. The third-order valence-corrected chi connectivity index (χ3v) is 2.62. The van der Waals surface area contributed by atoms with Crippen molar-refractivity contribution in [1.29, 1.82) is 0 Å². The van der Waals surface area contributed by atoms with Gasteiger partial charge in [-0.2, -0.15) is 0 Å². The van der Waals surface area contributed by atoms with E-state index in [2.05, 4.69) is 10.2 Å².